The van der Waals surface area contributed by atoms with E-state index in [0.29, 0.717) is 0 Å². The van der Waals surface area contributed by atoms with E-state index in [1.165, 1.54) is 55.6 Å². The van der Waals surface area contributed by atoms with Gasteiger partial charge in [0, 0.05) is 90.1 Å². The first-order valence-corrected chi connectivity index (χ1v) is 33.5. The SMILES string of the molecule is c1ccc(-c2ccc(N(c3ccc4c(c3)C3(c5ccccc5Oc5ccccc53)c3ccccc3-4)c3ccc4c(c3)oc3cc5c(cc34)oc3cc(N(c4ccc(-c6ccccc6)cc4)c4ccc6c(c4)C4(c7ccccc7Oc7ccccc74)c4ccccc4-6)ccc35)cc2)cc1. The number of hydrogen-bond acceptors (Lipinski definition) is 6. The van der Waals surface area contributed by atoms with E-state index in [9.17, 15) is 0 Å². The van der Waals surface area contributed by atoms with Crippen LogP contribution in [-0.2, 0) is 10.8 Å². The second-order valence-electron chi connectivity index (χ2n) is 26.1. The second kappa shape index (κ2) is 20.8. The summed E-state index contributed by atoms with van der Waals surface area (Å²) in [6, 6.07) is 123. The van der Waals surface area contributed by atoms with Crippen LogP contribution in [0.2, 0.25) is 0 Å². The monoisotopic (exact) mass is 1250 g/mol. The van der Waals surface area contributed by atoms with E-state index in [-0.39, 0.29) is 0 Å². The minimum absolute atomic E-state index is 0.636. The van der Waals surface area contributed by atoms with Crippen molar-refractivity contribution in [3.8, 4) is 67.5 Å². The first kappa shape index (κ1) is 54.5. The quantitative estimate of drug-likeness (QED) is 0.151. The minimum atomic E-state index is -0.636. The Hall–Kier alpha value is -12.9. The molecule has 98 heavy (non-hydrogen) atoms. The van der Waals surface area contributed by atoms with Crippen molar-refractivity contribution in [1.29, 1.82) is 0 Å². The maximum absolute atomic E-state index is 7.08. The number of ether oxygens (including phenoxy) is 2. The van der Waals surface area contributed by atoms with Gasteiger partial charge in [-0.25, -0.2) is 0 Å². The first-order valence-electron chi connectivity index (χ1n) is 33.5. The molecular weight excluding hydrogens is 1200 g/mol. The summed E-state index contributed by atoms with van der Waals surface area (Å²) in [7, 11) is 0. The van der Waals surface area contributed by atoms with Gasteiger partial charge in [-0.05, 0) is 176 Å². The Morgan fingerprint density at radius 3 is 0.867 bits per heavy atom. The van der Waals surface area contributed by atoms with Gasteiger partial charge in [-0.15, -0.1) is 0 Å². The standard InChI is InChI=1S/C92H56N2O4/c1-3-19-57(20-4-1)59-35-39-61(40-36-59)93(63-43-47-69-67-23-7-9-25-75(67)91(81(69)51-63)77-27-11-15-31-83(77)95-84-32-16-12-28-78(84)91)65-45-49-71-73-55-90-74(56-89(73)97-87(71)53-65)72-50-46-66(54-88(72)98-90)94(62-41-37-60(38-42-62)58-21-5-2-6-22-58)64-44-48-70-68-24-8-10-26-76(68)92(82(70)52-64)79-29-13-17-33-85(79)96-86-34-18-14-30-80(86)92/h1-56H. The van der Waals surface area contributed by atoms with E-state index < -0.39 is 10.8 Å². The van der Waals surface area contributed by atoms with Crippen LogP contribution in [0.25, 0.3) is 88.4 Å². The molecule has 0 N–H and O–H groups in total. The zero-order valence-corrected chi connectivity index (χ0v) is 52.9. The molecule has 4 aliphatic rings. The Morgan fingerprint density at radius 1 is 0.194 bits per heavy atom. The fourth-order valence-corrected chi connectivity index (χ4v) is 17.0. The number of fused-ring (bicyclic) bond motifs is 24. The molecule has 0 amide bonds. The van der Waals surface area contributed by atoms with E-state index in [4.69, 9.17) is 18.3 Å². The lowest BCUT2D eigenvalue weighted by atomic mass is 9.66. The van der Waals surface area contributed by atoms with Crippen molar-refractivity contribution in [3.05, 3.63) is 384 Å². The van der Waals surface area contributed by atoms with Crippen LogP contribution in [0.1, 0.15) is 44.5 Å². The highest BCUT2D eigenvalue weighted by atomic mass is 16.5. The van der Waals surface area contributed by atoms with Crippen molar-refractivity contribution < 1.29 is 18.3 Å². The van der Waals surface area contributed by atoms with E-state index >= 15 is 0 Å². The molecule has 15 aromatic carbocycles. The Bertz CT molecular complexity index is 5680. The molecule has 21 rings (SSSR count). The molecule has 0 saturated heterocycles. The minimum Gasteiger partial charge on any atom is -0.457 e. The molecule has 2 aromatic heterocycles. The molecule has 0 radical (unpaired) electrons. The molecule has 0 atom stereocenters. The van der Waals surface area contributed by atoms with Crippen molar-refractivity contribution in [2.45, 2.75) is 10.8 Å². The van der Waals surface area contributed by atoms with Crippen LogP contribution in [0.5, 0.6) is 23.0 Å². The van der Waals surface area contributed by atoms with Crippen LogP contribution in [-0.4, -0.2) is 0 Å². The largest absolute Gasteiger partial charge is 0.457 e. The molecule has 2 spiro atoms. The normalized spacial score (nSPS) is 13.6. The summed E-state index contributed by atoms with van der Waals surface area (Å²) in [5.74, 6) is 3.45. The van der Waals surface area contributed by atoms with Gasteiger partial charge in [0.05, 0.1) is 10.8 Å². The number of benzene rings is 15. The summed E-state index contributed by atoms with van der Waals surface area (Å²) in [5.41, 5.74) is 26.7. The third-order valence-electron chi connectivity index (χ3n) is 21.2. The van der Waals surface area contributed by atoms with E-state index in [2.05, 4.69) is 350 Å². The molecule has 0 unspecified atom stereocenters. The maximum atomic E-state index is 7.08. The van der Waals surface area contributed by atoms with Gasteiger partial charge in [-0.2, -0.15) is 0 Å². The second-order valence-corrected chi connectivity index (χ2v) is 26.1. The zero-order chi connectivity index (χ0) is 64.2. The van der Waals surface area contributed by atoms with Gasteiger partial charge in [0.1, 0.15) is 45.3 Å². The summed E-state index contributed by atoms with van der Waals surface area (Å²) in [5, 5.41) is 3.97. The number of nitrogens with zero attached hydrogens (tertiary/aromatic N) is 2. The topological polar surface area (TPSA) is 51.2 Å². The van der Waals surface area contributed by atoms with Crippen molar-refractivity contribution in [1.82, 2.24) is 0 Å². The lowest BCUT2D eigenvalue weighted by molar-refractivity contribution is 0.436. The third kappa shape index (κ3) is 7.73. The number of rotatable bonds is 8. The Balaban J connectivity index is 0.699. The molecule has 458 valence electrons. The molecule has 0 saturated carbocycles. The fourth-order valence-electron chi connectivity index (χ4n) is 17.0. The summed E-state index contributed by atoms with van der Waals surface area (Å²) in [6.07, 6.45) is 0. The molecule has 2 aliphatic heterocycles. The Kier molecular flexibility index (Phi) is 11.6. The fraction of sp³-hybridized carbons (Fsp3) is 0.0217. The van der Waals surface area contributed by atoms with E-state index in [1.807, 2.05) is 0 Å². The van der Waals surface area contributed by atoms with Crippen molar-refractivity contribution in [3.63, 3.8) is 0 Å². The summed E-state index contributed by atoms with van der Waals surface area (Å²) >= 11 is 0. The molecule has 6 heteroatoms. The van der Waals surface area contributed by atoms with Crippen LogP contribution < -0.4 is 19.3 Å². The molecule has 0 fully saturated rings. The highest BCUT2D eigenvalue weighted by Gasteiger charge is 2.53. The van der Waals surface area contributed by atoms with Gasteiger partial charge in [0.25, 0.3) is 0 Å². The molecule has 0 bridgehead atoms. The van der Waals surface area contributed by atoms with Gasteiger partial charge < -0.3 is 28.1 Å². The van der Waals surface area contributed by atoms with Crippen molar-refractivity contribution >= 4 is 78.0 Å². The number of furan rings is 2. The summed E-state index contributed by atoms with van der Waals surface area (Å²) in [6.45, 7) is 0. The number of para-hydroxylation sites is 4. The van der Waals surface area contributed by atoms with Crippen LogP contribution in [0.15, 0.2) is 349 Å². The van der Waals surface area contributed by atoms with Crippen molar-refractivity contribution in [2.75, 3.05) is 9.80 Å². The van der Waals surface area contributed by atoms with Crippen molar-refractivity contribution in [2.24, 2.45) is 0 Å². The molecule has 4 heterocycles. The van der Waals surface area contributed by atoms with Crippen LogP contribution in [0, 0.1) is 0 Å². The average Bonchev–Trinajstić information content (AvgIpc) is 1.50. The van der Waals surface area contributed by atoms with E-state index in [1.54, 1.807) is 0 Å². The lowest BCUT2D eigenvalue weighted by Gasteiger charge is -2.39. The Labute approximate surface area is 565 Å². The Morgan fingerprint density at radius 2 is 0.480 bits per heavy atom. The molecule has 17 aromatic rings. The lowest BCUT2D eigenvalue weighted by Crippen LogP contribution is -2.32. The van der Waals surface area contributed by atoms with Gasteiger partial charge in [0.2, 0.25) is 0 Å². The molecule has 6 nitrogen and oxygen atoms in total. The average molecular weight is 1250 g/mol. The van der Waals surface area contributed by atoms with Crippen LogP contribution >= 0.6 is 0 Å². The smallest absolute Gasteiger partial charge is 0.137 e. The van der Waals surface area contributed by atoms with Gasteiger partial charge >= 0.3 is 0 Å². The van der Waals surface area contributed by atoms with Gasteiger partial charge in [0.15, 0.2) is 0 Å². The highest BCUT2D eigenvalue weighted by molar-refractivity contribution is 6.16. The highest BCUT2D eigenvalue weighted by Crippen LogP contribution is 2.65. The molecule has 2 aliphatic carbocycles. The van der Waals surface area contributed by atoms with E-state index in [0.717, 1.165) is 134 Å². The summed E-state index contributed by atoms with van der Waals surface area (Å²) < 4.78 is 27.6. The van der Waals surface area contributed by atoms with Crippen LogP contribution in [0.3, 0.4) is 0 Å². The summed E-state index contributed by atoms with van der Waals surface area (Å²) in [4.78, 5) is 4.74. The predicted molar refractivity (Wildman–Crippen MR) is 396 cm³/mol. The predicted octanol–water partition coefficient (Wildman–Crippen LogP) is 24.7. The maximum Gasteiger partial charge on any atom is 0.137 e. The third-order valence-corrected chi connectivity index (χ3v) is 21.2. The van der Waals surface area contributed by atoms with Gasteiger partial charge in [-0.1, -0.05) is 218 Å². The first-order chi connectivity index (χ1) is 48.5. The number of anilines is 6. The van der Waals surface area contributed by atoms with Crippen LogP contribution in [0.4, 0.5) is 34.1 Å². The number of hydrogen-bond donors (Lipinski definition) is 0. The zero-order valence-electron chi connectivity index (χ0n) is 52.9. The van der Waals surface area contributed by atoms with Gasteiger partial charge in [-0.3, -0.25) is 0 Å². The molecular formula is C92H56N2O4.